The topological polar surface area (TPSA) is 26.0 Å². The van der Waals surface area contributed by atoms with Crippen molar-refractivity contribution in [2.45, 2.75) is 50.5 Å². The molecule has 2 atom stereocenters. The van der Waals surface area contributed by atoms with Gasteiger partial charge in [-0.05, 0) is 67.7 Å². The first-order valence-corrected chi connectivity index (χ1v) is 8.08. The van der Waals surface area contributed by atoms with Gasteiger partial charge in [-0.15, -0.1) is 0 Å². The number of halogens is 2. The van der Waals surface area contributed by atoms with Gasteiger partial charge in [-0.2, -0.15) is 0 Å². The number of hydrogen-bond acceptors (Lipinski definition) is 1. The molecule has 0 aliphatic heterocycles. The third-order valence-electron chi connectivity index (χ3n) is 4.76. The third kappa shape index (κ3) is 3.19. The summed E-state index contributed by atoms with van der Waals surface area (Å²) in [4.78, 5) is 0. The van der Waals surface area contributed by atoms with E-state index in [-0.39, 0.29) is 11.4 Å². The SMILES string of the molecule is NC1(Cc2cc(F)ccc2Br)CCCC(C2CC2)C1. The van der Waals surface area contributed by atoms with Gasteiger partial charge in [-0.1, -0.05) is 28.8 Å². The van der Waals surface area contributed by atoms with Gasteiger partial charge in [0.25, 0.3) is 0 Å². The average Bonchev–Trinajstić information content (AvgIpc) is 3.18. The van der Waals surface area contributed by atoms with Crippen molar-refractivity contribution in [3.63, 3.8) is 0 Å². The van der Waals surface area contributed by atoms with Crippen molar-refractivity contribution in [2.75, 3.05) is 0 Å². The molecule has 2 aliphatic rings. The highest BCUT2D eigenvalue weighted by Gasteiger charge is 2.40. The van der Waals surface area contributed by atoms with Crippen LogP contribution in [0.2, 0.25) is 0 Å². The Bertz CT molecular complexity index is 472. The van der Waals surface area contributed by atoms with E-state index in [2.05, 4.69) is 15.9 Å². The lowest BCUT2D eigenvalue weighted by Crippen LogP contribution is -2.46. The predicted octanol–water partition coefficient (Wildman–Crippen LogP) is 4.43. The van der Waals surface area contributed by atoms with Crippen LogP contribution < -0.4 is 5.73 Å². The van der Waals surface area contributed by atoms with E-state index in [1.807, 2.05) is 0 Å². The Labute approximate surface area is 122 Å². The van der Waals surface area contributed by atoms with Crippen LogP contribution in [-0.2, 0) is 6.42 Å². The van der Waals surface area contributed by atoms with Crippen molar-refractivity contribution in [1.82, 2.24) is 0 Å². The van der Waals surface area contributed by atoms with Crippen LogP contribution in [0.4, 0.5) is 4.39 Å². The van der Waals surface area contributed by atoms with Gasteiger partial charge in [0, 0.05) is 10.0 Å². The molecule has 0 saturated heterocycles. The molecule has 2 unspecified atom stereocenters. The summed E-state index contributed by atoms with van der Waals surface area (Å²) in [5.74, 6) is 1.57. The summed E-state index contributed by atoms with van der Waals surface area (Å²) in [7, 11) is 0. The minimum atomic E-state index is -0.170. The second-order valence-electron chi connectivity index (χ2n) is 6.47. The van der Waals surface area contributed by atoms with Crippen molar-refractivity contribution in [2.24, 2.45) is 17.6 Å². The van der Waals surface area contributed by atoms with Gasteiger partial charge in [0.05, 0.1) is 0 Å². The Kier molecular flexibility index (Phi) is 3.69. The summed E-state index contributed by atoms with van der Waals surface area (Å²) in [6.07, 6.45) is 8.32. The van der Waals surface area contributed by atoms with Crippen molar-refractivity contribution >= 4 is 15.9 Å². The minimum absolute atomic E-state index is 0.137. The smallest absolute Gasteiger partial charge is 0.123 e. The highest BCUT2D eigenvalue weighted by Crippen LogP contribution is 2.46. The molecule has 2 N–H and O–H groups in total. The number of benzene rings is 1. The standard InChI is InChI=1S/C16H21BrFN/c17-15-6-5-14(18)8-13(15)10-16(19)7-1-2-12(9-16)11-3-4-11/h5-6,8,11-12H,1-4,7,9-10,19H2. The number of hydrogen-bond donors (Lipinski definition) is 1. The molecule has 0 aromatic heterocycles. The first-order chi connectivity index (χ1) is 9.06. The Morgan fingerprint density at radius 1 is 1.26 bits per heavy atom. The second-order valence-corrected chi connectivity index (χ2v) is 7.32. The Morgan fingerprint density at radius 3 is 2.79 bits per heavy atom. The van der Waals surface area contributed by atoms with E-state index in [9.17, 15) is 4.39 Å². The van der Waals surface area contributed by atoms with E-state index >= 15 is 0 Å². The van der Waals surface area contributed by atoms with Crippen molar-refractivity contribution in [3.8, 4) is 0 Å². The Balaban J connectivity index is 1.74. The van der Waals surface area contributed by atoms with Crippen molar-refractivity contribution in [3.05, 3.63) is 34.1 Å². The van der Waals surface area contributed by atoms with Gasteiger partial charge in [0.15, 0.2) is 0 Å². The highest BCUT2D eigenvalue weighted by molar-refractivity contribution is 9.10. The van der Waals surface area contributed by atoms with Crippen LogP contribution in [0.3, 0.4) is 0 Å². The fourth-order valence-corrected chi connectivity index (χ4v) is 4.02. The zero-order chi connectivity index (χ0) is 13.5. The first-order valence-electron chi connectivity index (χ1n) is 7.29. The molecule has 3 rings (SSSR count). The lowest BCUT2D eigenvalue weighted by atomic mass is 9.72. The summed E-state index contributed by atoms with van der Waals surface area (Å²) >= 11 is 3.52. The molecule has 2 aliphatic carbocycles. The van der Waals surface area contributed by atoms with Gasteiger partial charge in [0.1, 0.15) is 5.82 Å². The molecule has 1 nitrogen and oxygen atoms in total. The van der Waals surface area contributed by atoms with E-state index in [0.29, 0.717) is 0 Å². The molecule has 19 heavy (non-hydrogen) atoms. The van der Waals surface area contributed by atoms with E-state index in [1.165, 1.54) is 31.7 Å². The van der Waals surface area contributed by atoms with Crippen LogP contribution >= 0.6 is 15.9 Å². The fraction of sp³-hybridized carbons (Fsp3) is 0.625. The summed E-state index contributed by atoms with van der Waals surface area (Å²) in [6.45, 7) is 0. The maximum absolute atomic E-state index is 13.4. The minimum Gasteiger partial charge on any atom is -0.325 e. The highest BCUT2D eigenvalue weighted by atomic mass is 79.9. The van der Waals surface area contributed by atoms with Crippen LogP contribution in [0.25, 0.3) is 0 Å². The molecule has 0 amide bonds. The second kappa shape index (κ2) is 5.17. The van der Waals surface area contributed by atoms with Gasteiger partial charge in [0.2, 0.25) is 0 Å². The molecule has 3 heteroatoms. The number of rotatable bonds is 3. The zero-order valence-electron chi connectivity index (χ0n) is 11.2. The van der Waals surface area contributed by atoms with Gasteiger partial charge >= 0.3 is 0 Å². The maximum atomic E-state index is 13.4. The summed E-state index contributed by atoms with van der Waals surface area (Å²) in [5, 5.41) is 0. The fourth-order valence-electron chi connectivity index (χ4n) is 3.63. The molecule has 104 valence electrons. The molecule has 0 radical (unpaired) electrons. The van der Waals surface area contributed by atoms with Crippen LogP contribution in [0.5, 0.6) is 0 Å². The maximum Gasteiger partial charge on any atom is 0.123 e. The van der Waals surface area contributed by atoms with E-state index in [0.717, 1.165) is 41.1 Å². The van der Waals surface area contributed by atoms with Crippen LogP contribution in [0.1, 0.15) is 44.1 Å². The molecule has 1 aromatic carbocycles. The van der Waals surface area contributed by atoms with Gasteiger partial charge in [-0.25, -0.2) is 4.39 Å². The summed E-state index contributed by atoms with van der Waals surface area (Å²) < 4.78 is 14.4. The molecule has 1 aromatic rings. The molecule has 2 saturated carbocycles. The quantitative estimate of drug-likeness (QED) is 0.874. The zero-order valence-corrected chi connectivity index (χ0v) is 12.8. The normalized spacial score (nSPS) is 31.4. The number of nitrogens with two attached hydrogens (primary N) is 1. The molecule has 0 spiro atoms. The average molecular weight is 326 g/mol. The van der Waals surface area contributed by atoms with Crippen LogP contribution in [0.15, 0.2) is 22.7 Å². The lowest BCUT2D eigenvalue weighted by Gasteiger charge is -2.38. The van der Waals surface area contributed by atoms with E-state index in [1.54, 1.807) is 12.1 Å². The molecule has 0 heterocycles. The molecule has 0 bridgehead atoms. The van der Waals surface area contributed by atoms with Gasteiger partial charge < -0.3 is 5.73 Å². The predicted molar refractivity (Wildman–Crippen MR) is 79.4 cm³/mol. The molecular weight excluding hydrogens is 305 g/mol. The Morgan fingerprint density at radius 2 is 2.05 bits per heavy atom. The van der Waals surface area contributed by atoms with Crippen LogP contribution in [-0.4, -0.2) is 5.54 Å². The first kappa shape index (κ1) is 13.6. The van der Waals surface area contributed by atoms with Crippen LogP contribution in [0, 0.1) is 17.7 Å². The van der Waals surface area contributed by atoms with Crippen molar-refractivity contribution in [1.29, 1.82) is 0 Å². The monoisotopic (exact) mass is 325 g/mol. The van der Waals surface area contributed by atoms with E-state index < -0.39 is 0 Å². The summed E-state index contributed by atoms with van der Waals surface area (Å²) in [5.41, 5.74) is 7.50. The van der Waals surface area contributed by atoms with Gasteiger partial charge in [-0.3, -0.25) is 0 Å². The Hall–Kier alpha value is -0.410. The lowest BCUT2D eigenvalue weighted by molar-refractivity contribution is 0.204. The van der Waals surface area contributed by atoms with Crippen molar-refractivity contribution < 1.29 is 4.39 Å². The largest absolute Gasteiger partial charge is 0.325 e. The van der Waals surface area contributed by atoms with E-state index in [4.69, 9.17) is 5.73 Å². The third-order valence-corrected chi connectivity index (χ3v) is 5.53. The summed E-state index contributed by atoms with van der Waals surface area (Å²) in [6, 6.07) is 4.90. The molecular formula is C16H21BrFN. The molecule has 2 fully saturated rings.